The molecule has 5 nitrogen and oxygen atoms in total. The predicted octanol–water partition coefficient (Wildman–Crippen LogP) is 1.85. The van der Waals surface area contributed by atoms with Crippen LogP contribution >= 0.6 is 0 Å². The first kappa shape index (κ1) is 18.1. The zero-order valence-corrected chi connectivity index (χ0v) is 14.9. The van der Waals surface area contributed by atoms with E-state index in [4.69, 9.17) is 0 Å². The van der Waals surface area contributed by atoms with E-state index in [1.807, 2.05) is 48.5 Å². The van der Waals surface area contributed by atoms with Gasteiger partial charge in [0, 0.05) is 13.1 Å². The number of nitrogens with zero attached hydrogens (tertiary/aromatic N) is 1. The van der Waals surface area contributed by atoms with E-state index in [1.54, 1.807) is 11.8 Å². The predicted molar refractivity (Wildman–Crippen MR) is 99.4 cm³/mol. The minimum absolute atomic E-state index is 0.240. The minimum atomic E-state index is -0.918. The molecule has 2 amide bonds. The maximum absolute atomic E-state index is 12.8. The molecule has 0 saturated heterocycles. The molecular weight excluding hydrogens is 328 g/mol. The van der Waals surface area contributed by atoms with Gasteiger partial charge in [0.15, 0.2) is 0 Å². The summed E-state index contributed by atoms with van der Waals surface area (Å²) in [6, 6.07) is 16.5. The van der Waals surface area contributed by atoms with Gasteiger partial charge in [-0.05, 0) is 30.0 Å². The van der Waals surface area contributed by atoms with Gasteiger partial charge >= 0.3 is 0 Å². The van der Waals surface area contributed by atoms with Gasteiger partial charge in [0.05, 0.1) is 12.5 Å². The number of amides is 2. The van der Waals surface area contributed by atoms with Crippen molar-refractivity contribution in [1.29, 1.82) is 0 Å². The molecule has 136 valence electrons. The molecule has 0 aromatic heterocycles. The summed E-state index contributed by atoms with van der Waals surface area (Å²) in [6.07, 6.45) is 0.786. The van der Waals surface area contributed by atoms with E-state index in [-0.39, 0.29) is 17.7 Å². The first-order valence-corrected chi connectivity index (χ1v) is 8.92. The summed E-state index contributed by atoms with van der Waals surface area (Å²) in [5, 5.41) is 12.4. The average Bonchev–Trinajstić information content (AvgIpc) is 2.71. The van der Waals surface area contributed by atoms with Crippen molar-refractivity contribution in [3.8, 4) is 0 Å². The summed E-state index contributed by atoms with van der Waals surface area (Å²) < 4.78 is 0. The highest BCUT2D eigenvalue weighted by molar-refractivity contribution is 5.90. The van der Waals surface area contributed by atoms with E-state index in [2.05, 4.69) is 11.4 Å². The number of rotatable bonds is 5. The van der Waals surface area contributed by atoms with E-state index in [0.717, 1.165) is 17.5 Å². The Morgan fingerprint density at radius 1 is 1.08 bits per heavy atom. The third-order valence-corrected chi connectivity index (χ3v) is 4.93. The van der Waals surface area contributed by atoms with Gasteiger partial charge in [0.1, 0.15) is 6.04 Å². The molecule has 1 heterocycles. The zero-order valence-electron chi connectivity index (χ0n) is 14.9. The number of fused-ring (bicyclic) bond motifs is 1. The number of aliphatic hydroxyl groups is 1. The highest BCUT2D eigenvalue weighted by Gasteiger charge is 2.29. The Bertz CT molecular complexity index is 776. The SMILES string of the molecule is CC(C(=O)NC(CO)C(=O)N1CCc2ccccc2C1)c1ccccc1. The van der Waals surface area contributed by atoms with Crippen molar-refractivity contribution < 1.29 is 14.7 Å². The van der Waals surface area contributed by atoms with Crippen molar-refractivity contribution in [3.63, 3.8) is 0 Å². The molecule has 26 heavy (non-hydrogen) atoms. The molecule has 0 aliphatic carbocycles. The number of nitrogens with one attached hydrogen (secondary N) is 1. The fourth-order valence-electron chi connectivity index (χ4n) is 3.28. The van der Waals surface area contributed by atoms with Crippen LogP contribution in [0.25, 0.3) is 0 Å². The van der Waals surface area contributed by atoms with Crippen molar-refractivity contribution in [2.75, 3.05) is 13.2 Å². The molecule has 5 heteroatoms. The summed E-state index contributed by atoms with van der Waals surface area (Å²) in [6.45, 7) is 2.48. The number of hydrogen-bond donors (Lipinski definition) is 2. The van der Waals surface area contributed by atoms with Gasteiger partial charge in [0.2, 0.25) is 11.8 Å². The minimum Gasteiger partial charge on any atom is -0.394 e. The number of hydrogen-bond acceptors (Lipinski definition) is 3. The van der Waals surface area contributed by atoms with Gasteiger partial charge in [0.25, 0.3) is 0 Å². The second-order valence-corrected chi connectivity index (χ2v) is 6.65. The van der Waals surface area contributed by atoms with E-state index >= 15 is 0 Å². The van der Waals surface area contributed by atoms with Gasteiger partial charge < -0.3 is 15.3 Å². The van der Waals surface area contributed by atoms with Gasteiger partial charge in [-0.1, -0.05) is 54.6 Å². The van der Waals surface area contributed by atoms with Crippen molar-refractivity contribution in [3.05, 3.63) is 71.3 Å². The molecule has 2 aromatic rings. The Kier molecular flexibility index (Phi) is 5.68. The Labute approximate surface area is 153 Å². The molecule has 2 unspecified atom stereocenters. The molecule has 0 saturated carbocycles. The van der Waals surface area contributed by atoms with Crippen LogP contribution in [0.1, 0.15) is 29.5 Å². The van der Waals surface area contributed by atoms with Crippen LogP contribution in [0.15, 0.2) is 54.6 Å². The molecule has 3 rings (SSSR count). The second kappa shape index (κ2) is 8.15. The highest BCUT2D eigenvalue weighted by Crippen LogP contribution is 2.19. The molecule has 0 bridgehead atoms. The Morgan fingerprint density at radius 2 is 1.73 bits per heavy atom. The van der Waals surface area contributed by atoms with Gasteiger partial charge in [-0.15, -0.1) is 0 Å². The van der Waals surface area contributed by atoms with Gasteiger partial charge in [-0.3, -0.25) is 9.59 Å². The van der Waals surface area contributed by atoms with Crippen LogP contribution in [0.4, 0.5) is 0 Å². The smallest absolute Gasteiger partial charge is 0.247 e. The van der Waals surface area contributed by atoms with Gasteiger partial charge in [-0.2, -0.15) is 0 Å². The Hall–Kier alpha value is -2.66. The summed E-state index contributed by atoms with van der Waals surface area (Å²) in [5.74, 6) is -0.892. The summed E-state index contributed by atoms with van der Waals surface area (Å²) in [5.41, 5.74) is 3.24. The first-order valence-electron chi connectivity index (χ1n) is 8.92. The lowest BCUT2D eigenvalue weighted by molar-refractivity contribution is -0.138. The van der Waals surface area contributed by atoms with Crippen molar-refractivity contribution in [1.82, 2.24) is 10.2 Å². The Balaban J connectivity index is 1.65. The highest BCUT2D eigenvalue weighted by atomic mass is 16.3. The monoisotopic (exact) mass is 352 g/mol. The summed E-state index contributed by atoms with van der Waals surface area (Å²) in [4.78, 5) is 27.0. The van der Waals surface area contributed by atoms with Crippen LogP contribution < -0.4 is 5.32 Å². The second-order valence-electron chi connectivity index (χ2n) is 6.65. The Morgan fingerprint density at radius 3 is 2.42 bits per heavy atom. The van der Waals surface area contributed by atoms with E-state index in [0.29, 0.717) is 13.1 Å². The van der Waals surface area contributed by atoms with Crippen LogP contribution in [0.3, 0.4) is 0 Å². The largest absolute Gasteiger partial charge is 0.394 e. The third kappa shape index (κ3) is 3.94. The van der Waals surface area contributed by atoms with Crippen molar-refractivity contribution in [2.24, 2.45) is 0 Å². The van der Waals surface area contributed by atoms with Crippen LogP contribution in [0, 0.1) is 0 Å². The molecule has 0 radical (unpaired) electrons. The summed E-state index contributed by atoms with van der Waals surface area (Å²) >= 11 is 0. The zero-order chi connectivity index (χ0) is 18.5. The third-order valence-electron chi connectivity index (χ3n) is 4.93. The molecule has 0 spiro atoms. The van der Waals surface area contributed by atoms with Crippen LogP contribution in [-0.2, 0) is 22.6 Å². The lowest BCUT2D eigenvalue weighted by atomic mass is 9.98. The quantitative estimate of drug-likeness (QED) is 0.863. The number of carbonyl (C=O) groups is 2. The lowest BCUT2D eigenvalue weighted by Crippen LogP contribution is -2.52. The molecule has 0 fully saturated rings. The van der Waals surface area contributed by atoms with Crippen molar-refractivity contribution in [2.45, 2.75) is 31.8 Å². The normalized spacial score (nSPS) is 15.7. The summed E-state index contributed by atoms with van der Waals surface area (Å²) in [7, 11) is 0. The van der Waals surface area contributed by atoms with Crippen LogP contribution in [0.2, 0.25) is 0 Å². The lowest BCUT2D eigenvalue weighted by Gasteiger charge is -2.32. The number of benzene rings is 2. The molecule has 2 aromatic carbocycles. The number of aliphatic hydroxyl groups excluding tert-OH is 1. The maximum atomic E-state index is 12.8. The standard InChI is InChI=1S/C21H24N2O3/c1-15(16-7-3-2-4-8-16)20(25)22-19(14-24)21(26)23-12-11-17-9-5-6-10-18(17)13-23/h2-10,15,19,24H,11-14H2,1H3,(H,22,25). The van der Waals surface area contributed by atoms with Crippen molar-refractivity contribution >= 4 is 11.8 Å². The molecule has 1 aliphatic heterocycles. The number of carbonyl (C=O) groups excluding carboxylic acids is 2. The van der Waals surface area contributed by atoms with E-state index in [1.165, 1.54) is 5.56 Å². The fourth-order valence-corrected chi connectivity index (χ4v) is 3.28. The fraction of sp³-hybridized carbons (Fsp3) is 0.333. The topological polar surface area (TPSA) is 69.6 Å². The molecule has 2 N–H and O–H groups in total. The molecule has 2 atom stereocenters. The van der Waals surface area contributed by atoms with Crippen LogP contribution in [0.5, 0.6) is 0 Å². The van der Waals surface area contributed by atoms with E-state index in [9.17, 15) is 14.7 Å². The first-order chi connectivity index (χ1) is 12.6. The maximum Gasteiger partial charge on any atom is 0.247 e. The van der Waals surface area contributed by atoms with Crippen LogP contribution in [-0.4, -0.2) is 41.0 Å². The molecule has 1 aliphatic rings. The average molecular weight is 352 g/mol. The van der Waals surface area contributed by atoms with Gasteiger partial charge in [-0.25, -0.2) is 0 Å². The molecular formula is C21H24N2O3. The van der Waals surface area contributed by atoms with E-state index < -0.39 is 12.6 Å².